The highest BCUT2D eigenvalue weighted by Crippen LogP contribution is 2.11. The van der Waals surface area contributed by atoms with Gasteiger partial charge in [0.05, 0.1) is 17.6 Å². The van der Waals surface area contributed by atoms with Crippen molar-refractivity contribution in [1.29, 1.82) is 0 Å². The van der Waals surface area contributed by atoms with Gasteiger partial charge in [0.1, 0.15) is 0 Å². The van der Waals surface area contributed by atoms with Crippen LogP contribution >= 0.6 is 0 Å². The molecule has 1 heterocycles. The maximum atomic E-state index is 4.14. The van der Waals surface area contributed by atoms with Crippen molar-refractivity contribution in [2.24, 2.45) is 0 Å². The molecule has 2 rings (SSSR count). The van der Waals surface area contributed by atoms with Crippen molar-refractivity contribution in [1.82, 2.24) is 20.3 Å². The minimum absolute atomic E-state index is 0.221. The van der Waals surface area contributed by atoms with Gasteiger partial charge in [-0.3, -0.25) is 0 Å². The van der Waals surface area contributed by atoms with Crippen molar-refractivity contribution in [3.8, 4) is 5.69 Å². The largest absolute Gasteiger partial charge is 0.312 e. The number of benzene rings is 1. The molecule has 0 aliphatic carbocycles. The molecule has 0 aliphatic rings. The molecule has 0 bridgehead atoms. The van der Waals surface area contributed by atoms with Gasteiger partial charge in [-0.05, 0) is 33.0 Å². The summed E-state index contributed by atoms with van der Waals surface area (Å²) in [6.45, 7) is 4.13. The van der Waals surface area contributed by atoms with E-state index in [1.54, 1.807) is 4.68 Å². The van der Waals surface area contributed by atoms with Gasteiger partial charge in [0, 0.05) is 6.04 Å². The van der Waals surface area contributed by atoms with Crippen molar-refractivity contribution in [2.45, 2.75) is 19.9 Å². The first-order chi connectivity index (χ1) is 7.70. The fourth-order valence-corrected chi connectivity index (χ4v) is 1.45. The smallest absolute Gasteiger partial charge is 0.0998 e. The first kappa shape index (κ1) is 10.8. The van der Waals surface area contributed by atoms with Crippen LogP contribution in [0.15, 0.2) is 30.5 Å². The van der Waals surface area contributed by atoms with E-state index in [0.717, 1.165) is 11.4 Å². The molecular weight excluding hydrogens is 200 g/mol. The summed E-state index contributed by atoms with van der Waals surface area (Å²) < 4.78 is 1.79. The number of nitrogens with one attached hydrogen (secondary N) is 1. The van der Waals surface area contributed by atoms with Crippen LogP contribution in [0.2, 0.25) is 0 Å². The third-order valence-corrected chi connectivity index (χ3v) is 2.69. The number of rotatable bonds is 3. The Morgan fingerprint density at radius 1 is 1.25 bits per heavy atom. The van der Waals surface area contributed by atoms with Gasteiger partial charge in [0.2, 0.25) is 0 Å². The Bertz CT molecular complexity index is 458. The zero-order valence-electron chi connectivity index (χ0n) is 9.81. The fourth-order valence-electron chi connectivity index (χ4n) is 1.45. The van der Waals surface area contributed by atoms with E-state index in [9.17, 15) is 0 Å². The van der Waals surface area contributed by atoms with Gasteiger partial charge in [-0.25, -0.2) is 4.68 Å². The third kappa shape index (κ3) is 2.12. The summed E-state index contributed by atoms with van der Waals surface area (Å²) in [6, 6.07) is 8.44. The summed E-state index contributed by atoms with van der Waals surface area (Å²) in [6.07, 6.45) is 1.95. The topological polar surface area (TPSA) is 42.7 Å². The minimum atomic E-state index is 0.221. The molecule has 2 aromatic rings. The Morgan fingerprint density at radius 3 is 2.56 bits per heavy atom. The van der Waals surface area contributed by atoms with E-state index < -0.39 is 0 Å². The fraction of sp³-hybridized carbons (Fsp3) is 0.333. The molecule has 0 amide bonds. The molecule has 0 saturated heterocycles. The van der Waals surface area contributed by atoms with E-state index in [1.165, 1.54) is 5.56 Å². The van der Waals surface area contributed by atoms with Gasteiger partial charge in [-0.15, -0.1) is 5.10 Å². The lowest BCUT2D eigenvalue weighted by Gasteiger charge is -2.04. The van der Waals surface area contributed by atoms with Crippen LogP contribution in [-0.4, -0.2) is 22.0 Å². The van der Waals surface area contributed by atoms with Crippen molar-refractivity contribution >= 4 is 0 Å². The van der Waals surface area contributed by atoms with Crippen LogP contribution in [0.3, 0.4) is 0 Å². The molecule has 0 fully saturated rings. The number of hydrogen-bond acceptors (Lipinski definition) is 3. The van der Waals surface area contributed by atoms with Crippen LogP contribution in [0.1, 0.15) is 24.2 Å². The minimum Gasteiger partial charge on any atom is -0.312 e. The highest BCUT2D eigenvalue weighted by atomic mass is 15.4. The summed E-state index contributed by atoms with van der Waals surface area (Å²) >= 11 is 0. The quantitative estimate of drug-likeness (QED) is 0.851. The summed E-state index contributed by atoms with van der Waals surface area (Å²) in [7, 11) is 1.91. The maximum Gasteiger partial charge on any atom is 0.0998 e. The molecule has 1 atom stereocenters. The number of aromatic nitrogens is 3. The molecule has 0 radical (unpaired) electrons. The summed E-state index contributed by atoms with van der Waals surface area (Å²) in [5.41, 5.74) is 3.23. The van der Waals surface area contributed by atoms with E-state index >= 15 is 0 Å². The van der Waals surface area contributed by atoms with Crippen LogP contribution in [-0.2, 0) is 0 Å². The van der Waals surface area contributed by atoms with Gasteiger partial charge in [0.15, 0.2) is 0 Å². The molecule has 0 spiro atoms. The van der Waals surface area contributed by atoms with E-state index in [1.807, 2.05) is 25.4 Å². The Hall–Kier alpha value is -1.68. The Kier molecular flexibility index (Phi) is 3.01. The second-order valence-electron chi connectivity index (χ2n) is 3.93. The summed E-state index contributed by atoms with van der Waals surface area (Å²) in [5.74, 6) is 0. The maximum absolute atomic E-state index is 4.14. The Balaban J connectivity index is 2.28. The highest BCUT2D eigenvalue weighted by molar-refractivity contribution is 5.33. The van der Waals surface area contributed by atoms with E-state index in [4.69, 9.17) is 0 Å². The standard InChI is InChI=1S/C12H16N4/c1-9-4-6-11(7-5-9)16-8-12(14-15-16)10(2)13-3/h4-8,10,13H,1-3H3. The van der Waals surface area contributed by atoms with Crippen LogP contribution in [0.4, 0.5) is 0 Å². The zero-order chi connectivity index (χ0) is 11.5. The lowest BCUT2D eigenvalue weighted by atomic mass is 10.2. The van der Waals surface area contributed by atoms with Crippen LogP contribution in [0, 0.1) is 6.92 Å². The van der Waals surface area contributed by atoms with E-state index in [2.05, 4.69) is 41.6 Å². The van der Waals surface area contributed by atoms with Gasteiger partial charge in [-0.1, -0.05) is 22.9 Å². The van der Waals surface area contributed by atoms with Crippen molar-refractivity contribution in [2.75, 3.05) is 7.05 Å². The summed E-state index contributed by atoms with van der Waals surface area (Å²) in [4.78, 5) is 0. The third-order valence-electron chi connectivity index (χ3n) is 2.69. The van der Waals surface area contributed by atoms with E-state index in [0.29, 0.717) is 0 Å². The van der Waals surface area contributed by atoms with Gasteiger partial charge in [-0.2, -0.15) is 0 Å². The molecule has 1 aromatic heterocycles. The van der Waals surface area contributed by atoms with Crippen LogP contribution in [0.25, 0.3) is 5.69 Å². The predicted octanol–water partition coefficient (Wildman–Crippen LogP) is 1.86. The monoisotopic (exact) mass is 216 g/mol. The molecule has 0 saturated carbocycles. The molecule has 1 N–H and O–H groups in total. The van der Waals surface area contributed by atoms with Crippen molar-refractivity contribution in [3.63, 3.8) is 0 Å². The average molecular weight is 216 g/mol. The lowest BCUT2D eigenvalue weighted by Crippen LogP contribution is -2.12. The lowest BCUT2D eigenvalue weighted by molar-refractivity contribution is 0.630. The molecule has 1 unspecified atom stereocenters. The highest BCUT2D eigenvalue weighted by Gasteiger charge is 2.08. The number of hydrogen-bond donors (Lipinski definition) is 1. The zero-order valence-corrected chi connectivity index (χ0v) is 9.81. The van der Waals surface area contributed by atoms with Crippen molar-refractivity contribution in [3.05, 3.63) is 41.7 Å². The van der Waals surface area contributed by atoms with E-state index in [-0.39, 0.29) is 6.04 Å². The normalized spacial score (nSPS) is 12.7. The second kappa shape index (κ2) is 4.45. The average Bonchev–Trinajstić information content (AvgIpc) is 2.78. The number of aryl methyl sites for hydroxylation is 1. The van der Waals surface area contributed by atoms with Crippen molar-refractivity contribution < 1.29 is 0 Å². The molecule has 4 nitrogen and oxygen atoms in total. The molecular formula is C12H16N4. The Morgan fingerprint density at radius 2 is 1.94 bits per heavy atom. The molecule has 4 heteroatoms. The van der Waals surface area contributed by atoms with Gasteiger partial charge >= 0.3 is 0 Å². The number of nitrogens with zero attached hydrogens (tertiary/aromatic N) is 3. The van der Waals surface area contributed by atoms with Gasteiger partial charge in [0.25, 0.3) is 0 Å². The first-order valence-corrected chi connectivity index (χ1v) is 5.37. The van der Waals surface area contributed by atoms with Crippen LogP contribution < -0.4 is 5.32 Å². The molecule has 16 heavy (non-hydrogen) atoms. The first-order valence-electron chi connectivity index (χ1n) is 5.37. The SMILES string of the molecule is CNC(C)c1cn(-c2ccc(C)cc2)nn1. The summed E-state index contributed by atoms with van der Waals surface area (Å²) in [5, 5.41) is 11.4. The van der Waals surface area contributed by atoms with Crippen LogP contribution in [0.5, 0.6) is 0 Å². The molecule has 84 valence electrons. The predicted molar refractivity (Wildman–Crippen MR) is 63.6 cm³/mol. The Labute approximate surface area is 95.3 Å². The second-order valence-corrected chi connectivity index (χ2v) is 3.93. The molecule has 0 aliphatic heterocycles. The molecule has 1 aromatic carbocycles. The van der Waals surface area contributed by atoms with Gasteiger partial charge < -0.3 is 5.32 Å².